The maximum Gasteiger partial charge on any atom is 0.528 e. The van der Waals surface area contributed by atoms with Crippen molar-refractivity contribution >= 4 is 44.4 Å². The van der Waals surface area contributed by atoms with E-state index in [9.17, 15) is 18.5 Å². The number of carbonyl (C=O) groups is 1. The number of benzene rings is 2. The van der Waals surface area contributed by atoms with Gasteiger partial charge in [-0.1, -0.05) is 15.9 Å². The molecular formula is C22H23BrFN3O6S. The molecule has 182 valence electrons. The minimum atomic E-state index is -1.24. The molecule has 34 heavy (non-hydrogen) atoms. The van der Waals surface area contributed by atoms with E-state index in [0.29, 0.717) is 70.1 Å². The second-order valence-electron chi connectivity index (χ2n) is 7.72. The van der Waals surface area contributed by atoms with Gasteiger partial charge in [0.2, 0.25) is 0 Å². The lowest BCUT2D eigenvalue weighted by atomic mass is 10.1. The number of aromatic nitrogens is 1. The summed E-state index contributed by atoms with van der Waals surface area (Å²) in [6.07, 6.45) is -0.817. The molecular weight excluding hydrogens is 533 g/mol. The first-order valence-electron chi connectivity index (χ1n) is 10.6. The van der Waals surface area contributed by atoms with Crippen molar-refractivity contribution in [3.63, 3.8) is 0 Å². The zero-order valence-electron chi connectivity index (χ0n) is 18.1. The third kappa shape index (κ3) is 6.60. The van der Waals surface area contributed by atoms with Crippen molar-refractivity contribution in [1.29, 1.82) is 0 Å². The molecule has 0 radical (unpaired) electrons. The Kier molecular flexibility index (Phi) is 8.27. The van der Waals surface area contributed by atoms with Gasteiger partial charge in [0.1, 0.15) is 19.0 Å². The lowest BCUT2D eigenvalue weighted by molar-refractivity contribution is -0.147. The van der Waals surface area contributed by atoms with Crippen LogP contribution < -0.4 is 5.76 Å². The van der Waals surface area contributed by atoms with Gasteiger partial charge in [-0.2, -0.15) is 0 Å². The summed E-state index contributed by atoms with van der Waals surface area (Å²) in [4.78, 5) is 33.8. The first kappa shape index (κ1) is 24.7. The maximum atomic E-state index is 12.9. The minimum absolute atomic E-state index is 0.0188. The molecule has 1 N–H and O–H groups in total. The van der Waals surface area contributed by atoms with Crippen LogP contribution in [-0.4, -0.2) is 64.1 Å². The van der Waals surface area contributed by atoms with Crippen LogP contribution in [0.1, 0.15) is 11.1 Å². The smallest absolute Gasteiger partial charge is 0.528 e. The molecule has 2 heterocycles. The fraction of sp³-hybridized carbons (Fsp3) is 0.364. The molecule has 3 aromatic rings. The highest BCUT2D eigenvalue weighted by atomic mass is 79.9. The number of piperazine rings is 1. The second-order valence-corrected chi connectivity index (χ2v) is 10.2. The van der Waals surface area contributed by atoms with E-state index in [2.05, 4.69) is 25.8 Å². The molecule has 0 amide bonds. The number of carbonyl (C=O) groups excluding carboxylic acids is 1. The topological polar surface area (TPSA) is 111 Å². The van der Waals surface area contributed by atoms with Gasteiger partial charge in [0, 0.05) is 43.3 Å². The van der Waals surface area contributed by atoms with Crippen molar-refractivity contribution < 1.29 is 27.7 Å². The summed E-state index contributed by atoms with van der Waals surface area (Å²) < 4.78 is 36.4. The lowest BCUT2D eigenvalue weighted by Gasteiger charge is -2.32. The van der Waals surface area contributed by atoms with Gasteiger partial charge < -0.3 is 18.5 Å². The Bertz CT molecular complexity index is 1200. The molecule has 1 aromatic heterocycles. The molecule has 0 bridgehead atoms. The first-order chi connectivity index (χ1) is 16.4. The highest BCUT2D eigenvalue weighted by Crippen LogP contribution is 2.19. The molecule has 1 atom stereocenters. The summed E-state index contributed by atoms with van der Waals surface area (Å²) in [5, 5.41) is 1.53. The molecule has 12 heteroatoms. The van der Waals surface area contributed by atoms with E-state index >= 15 is 0 Å². The van der Waals surface area contributed by atoms with Crippen LogP contribution in [0.3, 0.4) is 0 Å². The van der Waals surface area contributed by atoms with Crippen LogP contribution in [0.2, 0.25) is 0 Å². The lowest BCUT2D eigenvalue weighted by Crippen LogP contribution is -2.48. The van der Waals surface area contributed by atoms with E-state index in [1.165, 1.54) is 5.06 Å². The predicted molar refractivity (Wildman–Crippen MR) is 126 cm³/mol. The molecule has 0 saturated carbocycles. The molecule has 0 aliphatic carbocycles. The summed E-state index contributed by atoms with van der Waals surface area (Å²) in [5.74, 6) is -0.114. The van der Waals surface area contributed by atoms with Gasteiger partial charge in [-0.3, -0.25) is 9.88 Å². The van der Waals surface area contributed by atoms with Crippen molar-refractivity contribution in [3.05, 3.63) is 62.5 Å². The van der Waals surface area contributed by atoms with Crippen LogP contribution >= 0.6 is 15.9 Å². The zero-order chi connectivity index (χ0) is 24.1. The number of ether oxygens (including phenoxy) is 1. The Morgan fingerprint density at radius 1 is 1.18 bits per heavy atom. The highest BCUT2D eigenvalue weighted by molar-refractivity contribution is 9.10. The van der Waals surface area contributed by atoms with Crippen molar-refractivity contribution in [1.82, 2.24) is 14.9 Å². The average molecular weight is 556 g/mol. The summed E-state index contributed by atoms with van der Waals surface area (Å²) in [6, 6.07) is 10.1. The van der Waals surface area contributed by atoms with E-state index in [0.717, 1.165) is 0 Å². The molecule has 1 unspecified atom stereocenters. The number of oxazole rings is 1. The molecule has 4 rings (SSSR count). The number of hydroxylamine groups is 2. The molecule has 9 nitrogen and oxygen atoms in total. The van der Waals surface area contributed by atoms with Gasteiger partial charge in [-0.05, 0) is 52.6 Å². The first-order valence-corrected chi connectivity index (χ1v) is 12.7. The summed E-state index contributed by atoms with van der Waals surface area (Å²) in [6.45, 7) is 2.25. The number of nitrogens with zero attached hydrogens (tertiary/aromatic N) is 2. The third-order valence-corrected chi connectivity index (χ3v) is 7.10. The Hall–Kier alpha value is -2.38. The van der Waals surface area contributed by atoms with Crippen molar-refractivity contribution in [2.75, 3.05) is 38.5 Å². The number of hydrogen-bond donors (Lipinski definition) is 1. The van der Waals surface area contributed by atoms with E-state index in [4.69, 9.17) is 14.0 Å². The molecule has 1 saturated heterocycles. The molecule has 1 aliphatic heterocycles. The second kappa shape index (κ2) is 11.4. The Balaban J connectivity index is 1.17. The number of nitrogens with one attached hydrogen (secondary N) is 1. The third-order valence-electron chi connectivity index (χ3n) is 5.31. The van der Waals surface area contributed by atoms with Crippen molar-refractivity contribution in [2.24, 2.45) is 0 Å². The minimum Gasteiger partial charge on any atom is -0.611 e. The number of rotatable bonds is 8. The highest BCUT2D eigenvalue weighted by Gasteiger charge is 2.23. The van der Waals surface area contributed by atoms with Crippen LogP contribution in [0.15, 0.2) is 55.0 Å². The fourth-order valence-electron chi connectivity index (χ4n) is 3.59. The summed E-state index contributed by atoms with van der Waals surface area (Å²) in [7, 11) is 0. The van der Waals surface area contributed by atoms with Crippen LogP contribution in [0.25, 0.3) is 11.1 Å². The van der Waals surface area contributed by atoms with Crippen LogP contribution in [0.5, 0.6) is 0 Å². The van der Waals surface area contributed by atoms with Crippen LogP contribution in [-0.2, 0) is 34.0 Å². The quantitative estimate of drug-likeness (QED) is 0.332. The van der Waals surface area contributed by atoms with E-state index < -0.39 is 29.8 Å². The van der Waals surface area contributed by atoms with Crippen molar-refractivity contribution in [2.45, 2.75) is 18.2 Å². The Labute approximate surface area is 206 Å². The SMILES string of the molecule is O=C(OCc1cc(Br)cc(CF)c1)ON1CCN(CC[S+]([O-])c2ccc3[nH]c(=O)oc3c2)CC1. The van der Waals surface area contributed by atoms with Gasteiger partial charge in [-0.15, -0.1) is 5.06 Å². The molecule has 1 fully saturated rings. The van der Waals surface area contributed by atoms with Crippen LogP contribution in [0, 0.1) is 0 Å². The number of H-pyrrole nitrogens is 1. The largest absolute Gasteiger partial charge is 0.611 e. The summed E-state index contributed by atoms with van der Waals surface area (Å²) >= 11 is 2.07. The number of fused-ring (bicyclic) bond motifs is 1. The molecule has 1 aliphatic rings. The predicted octanol–water partition coefficient (Wildman–Crippen LogP) is 3.35. The number of alkyl halides is 1. The molecule has 0 spiro atoms. The van der Waals surface area contributed by atoms with E-state index in [1.807, 2.05) is 0 Å². The number of aromatic amines is 1. The molecule has 2 aromatic carbocycles. The maximum absolute atomic E-state index is 12.9. The zero-order valence-corrected chi connectivity index (χ0v) is 20.5. The van der Waals surface area contributed by atoms with Crippen LogP contribution in [0.4, 0.5) is 9.18 Å². The van der Waals surface area contributed by atoms with Gasteiger partial charge in [-0.25, -0.2) is 14.0 Å². The van der Waals surface area contributed by atoms with Crippen molar-refractivity contribution in [3.8, 4) is 0 Å². The Morgan fingerprint density at radius 3 is 2.71 bits per heavy atom. The monoisotopic (exact) mass is 555 g/mol. The number of halogens is 2. The normalized spacial score (nSPS) is 16.0. The van der Waals surface area contributed by atoms with Gasteiger partial charge >= 0.3 is 11.9 Å². The number of hydrogen-bond acceptors (Lipinski definition) is 8. The van der Waals surface area contributed by atoms with Gasteiger partial charge in [0.15, 0.2) is 10.5 Å². The average Bonchev–Trinajstić information content (AvgIpc) is 3.21. The Morgan fingerprint density at radius 2 is 1.94 bits per heavy atom. The van der Waals surface area contributed by atoms with E-state index in [1.54, 1.807) is 36.4 Å². The van der Waals surface area contributed by atoms with Gasteiger partial charge in [0.05, 0.1) is 5.52 Å². The fourth-order valence-corrected chi connectivity index (χ4v) is 5.30. The standard InChI is InChI=1S/C22H23BrFN3O6S/c23-17-10-15(13-24)9-16(11-17)14-31-22(29)33-27-5-3-26(4-6-27)7-8-34(30)18-1-2-19-20(12-18)32-21(28)25-19/h1-2,9-12H,3-8,13-14H2,(H,25,28). The summed E-state index contributed by atoms with van der Waals surface area (Å²) in [5.41, 5.74) is 2.11. The van der Waals surface area contributed by atoms with Gasteiger partial charge in [0.25, 0.3) is 0 Å². The van der Waals surface area contributed by atoms with E-state index in [-0.39, 0.29) is 6.61 Å².